The Morgan fingerprint density at radius 1 is 1.75 bits per heavy atom. The molecule has 0 aromatic carbocycles. The smallest absolute Gasteiger partial charge is 0.179 e. The third kappa shape index (κ3) is 0.312. The molecule has 0 spiro atoms. The molecule has 2 rings (SSSR count). The maximum Gasteiger partial charge on any atom is 0.179 e. The predicted octanol–water partition coefficient (Wildman–Crippen LogP) is 0.157. The van der Waals surface area contributed by atoms with Gasteiger partial charge in [0.1, 0.15) is 0 Å². The Morgan fingerprint density at radius 2 is 2.62 bits per heavy atom. The van der Waals surface area contributed by atoms with Crippen LogP contribution in [0.25, 0.3) is 0 Å². The largest absolute Gasteiger partial charge is 0.367 e. The molecule has 0 aliphatic carbocycles. The zero-order valence-electron chi connectivity index (χ0n) is 4.50. The number of fused-ring (bicyclic) bond motifs is 1. The minimum absolute atomic E-state index is 0.245. The molecule has 0 N–H and O–H groups in total. The van der Waals surface area contributed by atoms with Crippen molar-refractivity contribution in [2.24, 2.45) is 0 Å². The maximum atomic E-state index is 10.7. The molecule has 0 amide bonds. The molecular weight excluding hydrogens is 102 g/mol. The lowest BCUT2D eigenvalue weighted by molar-refractivity contribution is -0.119. The lowest BCUT2D eigenvalue weighted by Crippen LogP contribution is -2.44. The molecule has 0 aromatic rings. The van der Waals surface area contributed by atoms with Crippen molar-refractivity contribution in [2.45, 2.75) is 12.5 Å². The quantitative estimate of drug-likeness (QED) is 0.441. The lowest BCUT2D eigenvalue weighted by Gasteiger charge is -2.34. The molecule has 0 saturated carbocycles. The van der Waals surface area contributed by atoms with Gasteiger partial charge in [-0.25, -0.2) is 0 Å². The molecule has 0 radical (unpaired) electrons. The van der Waals surface area contributed by atoms with Crippen LogP contribution in [0, 0.1) is 0 Å². The molecule has 42 valence electrons. The molecule has 8 heavy (non-hydrogen) atoms. The second kappa shape index (κ2) is 1.13. The Kier molecular flexibility index (Phi) is 0.583. The van der Waals surface area contributed by atoms with E-state index in [2.05, 4.69) is 4.90 Å². The van der Waals surface area contributed by atoms with Gasteiger partial charge in [0, 0.05) is 12.7 Å². The number of hydrogen-bond donors (Lipinski definition) is 0. The first kappa shape index (κ1) is 4.13. The molecule has 1 unspecified atom stereocenters. The number of hydrogen-bond acceptors (Lipinski definition) is 2. The van der Waals surface area contributed by atoms with Gasteiger partial charge in [-0.1, -0.05) is 0 Å². The van der Waals surface area contributed by atoms with E-state index in [0.29, 0.717) is 0 Å². The molecule has 2 heterocycles. The van der Waals surface area contributed by atoms with Crippen molar-refractivity contribution in [1.82, 2.24) is 4.90 Å². The number of carbonyl (C=O) groups excluding carboxylic acids is 1. The summed E-state index contributed by atoms with van der Waals surface area (Å²) in [5, 5.41) is 0. The Morgan fingerprint density at radius 3 is 2.88 bits per heavy atom. The molecule has 2 aliphatic rings. The summed E-state index contributed by atoms with van der Waals surface area (Å²) in [5.41, 5.74) is 0. The summed E-state index contributed by atoms with van der Waals surface area (Å²) in [6.07, 6.45) is 4.61. The third-order valence-corrected chi connectivity index (χ3v) is 1.82. The van der Waals surface area contributed by atoms with E-state index in [9.17, 15) is 4.79 Å². The monoisotopic (exact) mass is 109 g/mol. The maximum absolute atomic E-state index is 10.7. The minimum atomic E-state index is 0.245. The van der Waals surface area contributed by atoms with Crippen molar-refractivity contribution in [3.63, 3.8) is 0 Å². The van der Waals surface area contributed by atoms with Gasteiger partial charge in [-0.05, 0) is 12.5 Å². The SMILES string of the molecule is O=C1C=CN2CCC12. The van der Waals surface area contributed by atoms with E-state index in [1.807, 2.05) is 6.20 Å². The summed E-state index contributed by atoms with van der Waals surface area (Å²) in [5.74, 6) is 0.288. The second-order valence-corrected chi connectivity index (χ2v) is 2.26. The van der Waals surface area contributed by atoms with E-state index in [-0.39, 0.29) is 11.8 Å². The van der Waals surface area contributed by atoms with Gasteiger partial charge in [0.25, 0.3) is 0 Å². The summed E-state index contributed by atoms with van der Waals surface area (Å²) in [7, 11) is 0. The van der Waals surface area contributed by atoms with E-state index in [4.69, 9.17) is 0 Å². The number of ketones is 1. The van der Waals surface area contributed by atoms with Crippen molar-refractivity contribution in [1.29, 1.82) is 0 Å². The Bertz CT molecular complexity index is 162. The van der Waals surface area contributed by atoms with Crippen molar-refractivity contribution in [3.05, 3.63) is 12.3 Å². The fourth-order valence-electron chi connectivity index (χ4n) is 1.17. The highest BCUT2D eigenvalue weighted by atomic mass is 16.1. The van der Waals surface area contributed by atoms with Gasteiger partial charge >= 0.3 is 0 Å². The highest BCUT2D eigenvalue weighted by Gasteiger charge is 2.33. The van der Waals surface area contributed by atoms with Crippen LogP contribution in [0.4, 0.5) is 0 Å². The second-order valence-electron chi connectivity index (χ2n) is 2.26. The molecule has 2 heteroatoms. The van der Waals surface area contributed by atoms with Crippen LogP contribution in [-0.2, 0) is 4.79 Å². The molecule has 0 aromatic heterocycles. The van der Waals surface area contributed by atoms with E-state index in [1.54, 1.807) is 6.08 Å². The van der Waals surface area contributed by atoms with Crippen LogP contribution >= 0.6 is 0 Å². The van der Waals surface area contributed by atoms with E-state index in [0.717, 1.165) is 13.0 Å². The average molecular weight is 109 g/mol. The topological polar surface area (TPSA) is 20.3 Å². The van der Waals surface area contributed by atoms with Gasteiger partial charge in [0.05, 0.1) is 6.04 Å². The summed E-state index contributed by atoms with van der Waals surface area (Å²) in [4.78, 5) is 12.8. The van der Waals surface area contributed by atoms with E-state index < -0.39 is 0 Å². The first-order valence-corrected chi connectivity index (χ1v) is 2.86. The fraction of sp³-hybridized carbons (Fsp3) is 0.500. The first-order chi connectivity index (χ1) is 3.88. The van der Waals surface area contributed by atoms with Crippen LogP contribution in [-0.4, -0.2) is 23.3 Å². The number of nitrogens with zero attached hydrogens (tertiary/aromatic N) is 1. The van der Waals surface area contributed by atoms with E-state index >= 15 is 0 Å². The van der Waals surface area contributed by atoms with Crippen LogP contribution in [0.2, 0.25) is 0 Å². The summed E-state index contributed by atoms with van der Waals surface area (Å²) in [6, 6.07) is 0.245. The molecule has 2 aliphatic heterocycles. The van der Waals surface area contributed by atoms with Crippen LogP contribution < -0.4 is 0 Å². The van der Waals surface area contributed by atoms with Crippen molar-refractivity contribution in [2.75, 3.05) is 6.54 Å². The van der Waals surface area contributed by atoms with Gasteiger partial charge in [-0.3, -0.25) is 4.79 Å². The van der Waals surface area contributed by atoms with Crippen LogP contribution in [0.3, 0.4) is 0 Å². The summed E-state index contributed by atoms with van der Waals surface area (Å²) in [6.45, 7) is 1.08. The summed E-state index contributed by atoms with van der Waals surface area (Å²) < 4.78 is 0. The van der Waals surface area contributed by atoms with Crippen molar-refractivity contribution in [3.8, 4) is 0 Å². The van der Waals surface area contributed by atoms with Crippen molar-refractivity contribution < 1.29 is 4.79 Å². The van der Waals surface area contributed by atoms with Crippen molar-refractivity contribution >= 4 is 5.78 Å². The fourth-order valence-corrected chi connectivity index (χ4v) is 1.17. The normalized spacial score (nSPS) is 32.8. The molecule has 2 nitrogen and oxygen atoms in total. The van der Waals surface area contributed by atoms with Crippen LogP contribution in [0.1, 0.15) is 6.42 Å². The Labute approximate surface area is 47.8 Å². The zero-order valence-corrected chi connectivity index (χ0v) is 4.50. The van der Waals surface area contributed by atoms with Crippen LogP contribution in [0.5, 0.6) is 0 Å². The molecule has 0 bridgehead atoms. The highest BCUT2D eigenvalue weighted by Crippen LogP contribution is 2.23. The number of rotatable bonds is 0. The van der Waals surface area contributed by atoms with Gasteiger partial charge < -0.3 is 4.90 Å². The molecular formula is C6H7NO. The van der Waals surface area contributed by atoms with Crippen LogP contribution in [0.15, 0.2) is 12.3 Å². The standard InChI is InChI=1S/C6H7NO/c8-6-2-4-7-3-1-5(6)7/h2,4-5H,1,3H2. The molecule has 1 saturated heterocycles. The van der Waals surface area contributed by atoms with E-state index in [1.165, 1.54) is 0 Å². The number of carbonyl (C=O) groups is 1. The first-order valence-electron chi connectivity index (χ1n) is 2.86. The minimum Gasteiger partial charge on any atom is -0.367 e. The summed E-state index contributed by atoms with van der Waals surface area (Å²) >= 11 is 0. The zero-order chi connectivity index (χ0) is 5.56. The third-order valence-electron chi connectivity index (χ3n) is 1.82. The molecule has 1 fully saturated rings. The molecule has 1 atom stereocenters. The predicted molar refractivity (Wildman–Crippen MR) is 29.3 cm³/mol. The Balaban J connectivity index is 2.25. The van der Waals surface area contributed by atoms with Gasteiger partial charge in [0.2, 0.25) is 0 Å². The van der Waals surface area contributed by atoms with Gasteiger partial charge in [0.15, 0.2) is 5.78 Å². The van der Waals surface area contributed by atoms with Gasteiger partial charge in [-0.2, -0.15) is 0 Å². The lowest BCUT2D eigenvalue weighted by atomic mass is 10.0. The van der Waals surface area contributed by atoms with Gasteiger partial charge in [-0.15, -0.1) is 0 Å². The highest BCUT2D eigenvalue weighted by molar-refractivity contribution is 5.97. The average Bonchev–Trinajstić information content (AvgIpc) is 1.80. The Hall–Kier alpha value is -0.790.